The van der Waals surface area contributed by atoms with Crippen LogP contribution in [-0.2, 0) is 11.4 Å². The van der Waals surface area contributed by atoms with Crippen LogP contribution in [0.25, 0.3) is 11.0 Å². The fourth-order valence-electron chi connectivity index (χ4n) is 1.22. The summed E-state index contributed by atoms with van der Waals surface area (Å²) in [5.74, 6) is 0. The van der Waals surface area contributed by atoms with Crippen LogP contribution < -0.4 is 0 Å². The SMILES string of the molecule is C=NOCc1ccc2nccnc2c1. The van der Waals surface area contributed by atoms with Crippen molar-refractivity contribution in [1.29, 1.82) is 0 Å². The molecular weight excluding hydrogens is 178 g/mol. The predicted octanol–water partition coefficient (Wildman–Crippen LogP) is 1.76. The molecule has 70 valence electrons. The molecule has 0 saturated carbocycles. The molecule has 4 nitrogen and oxygen atoms in total. The number of fused-ring (bicyclic) bond motifs is 1. The lowest BCUT2D eigenvalue weighted by Gasteiger charge is -2.00. The standard InChI is InChI=1S/C10H9N3O/c1-11-14-7-8-2-3-9-10(6-8)13-5-4-12-9/h2-6H,1,7H2. The van der Waals surface area contributed by atoms with Crippen LogP contribution in [0, 0.1) is 0 Å². The molecule has 0 fully saturated rings. The highest BCUT2D eigenvalue weighted by molar-refractivity contribution is 5.74. The Balaban J connectivity index is 2.36. The first-order chi connectivity index (χ1) is 6.90. The summed E-state index contributed by atoms with van der Waals surface area (Å²) in [6, 6.07) is 5.76. The molecule has 1 aromatic heterocycles. The second-order valence-corrected chi connectivity index (χ2v) is 2.78. The van der Waals surface area contributed by atoms with Crippen LogP contribution in [0.1, 0.15) is 5.56 Å². The Hall–Kier alpha value is -1.97. The molecule has 0 N–H and O–H groups in total. The van der Waals surface area contributed by atoms with Crippen LogP contribution in [0.2, 0.25) is 0 Å². The third kappa shape index (κ3) is 1.69. The zero-order chi connectivity index (χ0) is 9.80. The van der Waals surface area contributed by atoms with Crippen LogP contribution in [0.3, 0.4) is 0 Å². The van der Waals surface area contributed by atoms with E-state index in [1.165, 1.54) is 0 Å². The van der Waals surface area contributed by atoms with Crippen molar-refractivity contribution < 1.29 is 4.84 Å². The average molecular weight is 187 g/mol. The van der Waals surface area contributed by atoms with Crippen molar-refractivity contribution in [2.75, 3.05) is 0 Å². The third-order valence-electron chi connectivity index (χ3n) is 1.86. The van der Waals surface area contributed by atoms with Gasteiger partial charge < -0.3 is 4.84 Å². The van der Waals surface area contributed by atoms with Crippen molar-refractivity contribution in [2.24, 2.45) is 5.16 Å². The molecule has 0 aliphatic rings. The van der Waals surface area contributed by atoms with E-state index in [1.54, 1.807) is 12.4 Å². The maximum atomic E-state index is 4.83. The molecule has 0 unspecified atom stereocenters. The van der Waals surface area contributed by atoms with Crippen LogP contribution >= 0.6 is 0 Å². The Morgan fingerprint density at radius 1 is 1.21 bits per heavy atom. The minimum absolute atomic E-state index is 0.413. The molecule has 1 heterocycles. The Labute approximate surface area is 81.2 Å². The molecule has 0 amide bonds. The van der Waals surface area contributed by atoms with Crippen molar-refractivity contribution >= 4 is 17.8 Å². The highest BCUT2D eigenvalue weighted by Gasteiger charge is 1.97. The van der Waals surface area contributed by atoms with Crippen molar-refractivity contribution in [3.63, 3.8) is 0 Å². The summed E-state index contributed by atoms with van der Waals surface area (Å²) in [5, 5.41) is 3.32. The normalized spacial score (nSPS) is 10.0. The minimum atomic E-state index is 0.413. The first kappa shape index (κ1) is 8.62. The van der Waals surface area contributed by atoms with Gasteiger partial charge in [0, 0.05) is 19.1 Å². The van der Waals surface area contributed by atoms with E-state index in [-0.39, 0.29) is 0 Å². The number of hydrogen-bond acceptors (Lipinski definition) is 4. The van der Waals surface area contributed by atoms with E-state index < -0.39 is 0 Å². The third-order valence-corrected chi connectivity index (χ3v) is 1.86. The van der Waals surface area contributed by atoms with E-state index in [0.717, 1.165) is 16.6 Å². The zero-order valence-corrected chi connectivity index (χ0v) is 7.55. The highest BCUT2D eigenvalue weighted by Crippen LogP contribution is 2.11. The number of oxime groups is 1. The predicted molar refractivity (Wildman–Crippen MR) is 53.9 cm³/mol. The maximum absolute atomic E-state index is 4.83. The molecule has 0 radical (unpaired) electrons. The Morgan fingerprint density at radius 3 is 2.79 bits per heavy atom. The van der Waals surface area contributed by atoms with Gasteiger partial charge in [0.1, 0.15) is 6.61 Å². The summed E-state index contributed by atoms with van der Waals surface area (Å²) in [6.07, 6.45) is 3.34. The van der Waals surface area contributed by atoms with Gasteiger partial charge in [0.2, 0.25) is 0 Å². The van der Waals surface area contributed by atoms with Gasteiger partial charge in [0.25, 0.3) is 0 Å². The fourth-order valence-corrected chi connectivity index (χ4v) is 1.22. The molecule has 2 aromatic rings. The quantitative estimate of drug-likeness (QED) is 0.543. The van der Waals surface area contributed by atoms with Crippen molar-refractivity contribution in [1.82, 2.24) is 9.97 Å². The van der Waals surface area contributed by atoms with Gasteiger partial charge in [-0.1, -0.05) is 6.07 Å². The van der Waals surface area contributed by atoms with E-state index in [1.807, 2.05) is 18.2 Å². The molecule has 0 spiro atoms. The summed E-state index contributed by atoms with van der Waals surface area (Å²) in [5.41, 5.74) is 2.74. The molecule has 14 heavy (non-hydrogen) atoms. The molecule has 2 rings (SSSR count). The summed E-state index contributed by atoms with van der Waals surface area (Å²) in [6.45, 7) is 3.65. The molecule has 0 aliphatic carbocycles. The maximum Gasteiger partial charge on any atom is 0.142 e. The summed E-state index contributed by atoms with van der Waals surface area (Å²) >= 11 is 0. The summed E-state index contributed by atoms with van der Waals surface area (Å²) < 4.78 is 0. The lowest BCUT2D eigenvalue weighted by Crippen LogP contribution is -1.88. The summed E-state index contributed by atoms with van der Waals surface area (Å²) in [4.78, 5) is 13.2. The van der Waals surface area contributed by atoms with E-state index in [0.29, 0.717) is 6.61 Å². The minimum Gasteiger partial charge on any atom is -0.391 e. The molecule has 0 atom stereocenters. The first-order valence-corrected chi connectivity index (χ1v) is 4.18. The van der Waals surface area contributed by atoms with E-state index in [9.17, 15) is 0 Å². The van der Waals surface area contributed by atoms with Crippen molar-refractivity contribution in [3.05, 3.63) is 36.2 Å². The lowest BCUT2D eigenvalue weighted by molar-refractivity contribution is 0.133. The van der Waals surface area contributed by atoms with Gasteiger partial charge in [0.05, 0.1) is 11.0 Å². The van der Waals surface area contributed by atoms with Gasteiger partial charge in [0.15, 0.2) is 0 Å². The van der Waals surface area contributed by atoms with E-state index >= 15 is 0 Å². The number of aromatic nitrogens is 2. The Kier molecular flexibility index (Phi) is 2.36. The van der Waals surface area contributed by atoms with Gasteiger partial charge in [-0.2, -0.15) is 0 Å². The topological polar surface area (TPSA) is 47.4 Å². The highest BCUT2D eigenvalue weighted by atomic mass is 16.6. The van der Waals surface area contributed by atoms with Gasteiger partial charge in [-0.25, -0.2) is 0 Å². The summed E-state index contributed by atoms with van der Waals surface area (Å²) in [7, 11) is 0. The largest absolute Gasteiger partial charge is 0.391 e. The molecule has 1 aromatic carbocycles. The molecule has 0 aliphatic heterocycles. The van der Waals surface area contributed by atoms with Gasteiger partial charge >= 0.3 is 0 Å². The number of benzene rings is 1. The van der Waals surface area contributed by atoms with Crippen molar-refractivity contribution in [2.45, 2.75) is 6.61 Å². The van der Waals surface area contributed by atoms with Gasteiger partial charge in [-0.15, -0.1) is 5.16 Å². The van der Waals surface area contributed by atoms with Crippen LogP contribution in [-0.4, -0.2) is 16.7 Å². The lowest BCUT2D eigenvalue weighted by atomic mass is 10.2. The van der Waals surface area contributed by atoms with Crippen LogP contribution in [0.5, 0.6) is 0 Å². The van der Waals surface area contributed by atoms with Gasteiger partial charge in [-0.05, 0) is 17.7 Å². The number of hydrogen-bond donors (Lipinski definition) is 0. The molecule has 0 saturated heterocycles. The van der Waals surface area contributed by atoms with Gasteiger partial charge in [-0.3, -0.25) is 9.97 Å². The fraction of sp³-hybridized carbons (Fsp3) is 0.100. The Bertz CT molecular complexity index is 456. The van der Waals surface area contributed by atoms with Crippen LogP contribution in [0.4, 0.5) is 0 Å². The molecule has 0 bridgehead atoms. The van der Waals surface area contributed by atoms with Crippen LogP contribution in [0.15, 0.2) is 35.7 Å². The van der Waals surface area contributed by atoms with E-state index in [4.69, 9.17) is 4.84 Å². The van der Waals surface area contributed by atoms with Crippen molar-refractivity contribution in [3.8, 4) is 0 Å². The smallest absolute Gasteiger partial charge is 0.142 e. The zero-order valence-electron chi connectivity index (χ0n) is 7.55. The second kappa shape index (κ2) is 3.83. The number of nitrogens with zero attached hydrogens (tertiary/aromatic N) is 3. The Morgan fingerprint density at radius 2 is 2.00 bits per heavy atom. The second-order valence-electron chi connectivity index (χ2n) is 2.78. The first-order valence-electron chi connectivity index (χ1n) is 4.18. The monoisotopic (exact) mass is 187 g/mol. The average Bonchev–Trinajstić information content (AvgIpc) is 2.26. The van der Waals surface area contributed by atoms with E-state index in [2.05, 4.69) is 21.8 Å². The molecular formula is C10H9N3O. The molecule has 4 heteroatoms. The number of rotatable bonds is 3.